The normalized spacial score (nSPS) is 11.3. The molecule has 0 spiro atoms. The lowest BCUT2D eigenvalue weighted by molar-refractivity contribution is 0.715. The monoisotopic (exact) mass is 425 g/mol. The van der Waals surface area contributed by atoms with E-state index in [0.717, 1.165) is 58.0 Å². The molecule has 0 aliphatic rings. The molecule has 1 aromatic carbocycles. The minimum absolute atomic E-state index is 0.594. The standard InChI is InChI=1S/C23H23N9/c1-4-5-20-27-21-14(2)25-15(3)26-23(21)32(20)13-16-6-8-17(9-7-16)18-10-11-24-12-19(18)22-28-30-31-29-22/h6-12H,4-5,13H2,1-3H3,(H,28,29,30,31). The van der Waals surface area contributed by atoms with E-state index in [9.17, 15) is 0 Å². The fourth-order valence-electron chi connectivity index (χ4n) is 3.98. The molecule has 4 aromatic heterocycles. The number of aromatic nitrogens is 9. The van der Waals surface area contributed by atoms with Crippen LogP contribution in [-0.4, -0.2) is 45.1 Å². The summed E-state index contributed by atoms with van der Waals surface area (Å²) in [4.78, 5) is 18.3. The van der Waals surface area contributed by atoms with Crippen molar-refractivity contribution in [3.8, 4) is 22.5 Å². The number of hydrogen-bond donors (Lipinski definition) is 1. The Morgan fingerprint density at radius 1 is 0.969 bits per heavy atom. The van der Waals surface area contributed by atoms with Crippen molar-refractivity contribution in [1.82, 2.24) is 45.1 Å². The Kier molecular flexibility index (Phi) is 5.14. The predicted octanol–water partition coefficient (Wildman–Crippen LogP) is 3.69. The average molecular weight is 426 g/mol. The minimum atomic E-state index is 0.594. The van der Waals surface area contributed by atoms with Crippen LogP contribution in [0, 0.1) is 13.8 Å². The lowest BCUT2D eigenvalue weighted by atomic mass is 10.00. The van der Waals surface area contributed by atoms with Crippen molar-refractivity contribution < 1.29 is 0 Å². The molecule has 4 heterocycles. The van der Waals surface area contributed by atoms with E-state index in [2.05, 4.69) is 66.3 Å². The van der Waals surface area contributed by atoms with E-state index in [0.29, 0.717) is 12.4 Å². The molecule has 160 valence electrons. The number of nitrogens with one attached hydrogen (secondary N) is 1. The smallest absolute Gasteiger partial charge is 0.181 e. The molecule has 0 amide bonds. The highest BCUT2D eigenvalue weighted by Crippen LogP contribution is 2.29. The second-order valence-corrected chi connectivity index (χ2v) is 7.76. The van der Waals surface area contributed by atoms with Gasteiger partial charge in [0.2, 0.25) is 0 Å². The number of benzene rings is 1. The Balaban J connectivity index is 1.51. The molecule has 32 heavy (non-hydrogen) atoms. The van der Waals surface area contributed by atoms with Gasteiger partial charge in [-0.1, -0.05) is 31.2 Å². The van der Waals surface area contributed by atoms with E-state index < -0.39 is 0 Å². The zero-order valence-corrected chi connectivity index (χ0v) is 18.2. The molecule has 0 bridgehead atoms. The number of hydrogen-bond acceptors (Lipinski definition) is 7. The van der Waals surface area contributed by atoms with Gasteiger partial charge in [0, 0.05) is 24.4 Å². The number of rotatable bonds is 6. The Morgan fingerprint density at radius 3 is 2.56 bits per heavy atom. The first-order chi connectivity index (χ1) is 15.6. The second kappa shape index (κ2) is 8.26. The number of fused-ring (bicyclic) bond motifs is 1. The van der Waals surface area contributed by atoms with Crippen LogP contribution in [0.4, 0.5) is 0 Å². The van der Waals surface area contributed by atoms with Crippen LogP contribution < -0.4 is 0 Å². The van der Waals surface area contributed by atoms with Crippen molar-refractivity contribution in [2.45, 2.75) is 40.2 Å². The first kappa shape index (κ1) is 19.9. The minimum Gasteiger partial charge on any atom is -0.308 e. The summed E-state index contributed by atoms with van der Waals surface area (Å²) in [6.07, 6.45) is 5.47. The number of pyridine rings is 1. The maximum absolute atomic E-state index is 4.85. The third kappa shape index (κ3) is 3.62. The van der Waals surface area contributed by atoms with E-state index in [1.165, 1.54) is 5.56 Å². The molecule has 0 atom stereocenters. The van der Waals surface area contributed by atoms with E-state index in [1.54, 1.807) is 12.4 Å². The van der Waals surface area contributed by atoms with Gasteiger partial charge in [0.05, 0.1) is 12.2 Å². The van der Waals surface area contributed by atoms with Crippen LogP contribution >= 0.6 is 0 Å². The Bertz CT molecular complexity index is 1370. The van der Waals surface area contributed by atoms with Gasteiger partial charge >= 0.3 is 0 Å². The average Bonchev–Trinajstić information content (AvgIpc) is 3.44. The molecule has 5 rings (SSSR count). The summed E-state index contributed by atoms with van der Waals surface area (Å²) in [5, 5.41) is 14.2. The first-order valence-corrected chi connectivity index (χ1v) is 10.6. The van der Waals surface area contributed by atoms with Crippen LogP contribution in [0.5, 0.6) is 0 Å². The molecule has 0 saturated heterocycles. The van der Waals surface area contributed by atoms with Gasteiger partial charge in [0.25, 0.3) is 0 Å². The van der Waals surface area contributed by atoms with Crippen LogP contribution in [0.15, 0.2) is 42.7 Å². The Labute approximate surface area is 185 Å². The van der Waals surface area contributed by atoms with Crippen molar-refractivity contribution in [2.24, 2.45) is 0 Å². The molecule has 1 N–H and O–H groups in total. The number of imidazole rings is 1. The molecule has 0 radical (unpaired) electrons. The second-order valence-electron chi connectivity index (χ2n) is 7.76. The van der Waals surface area contributed by atoms with Gasteiger partial charge in [-0.25, -0.2) is 20.1 Å². The third-order valence-electron chi connectivity index (χ3n) is 5.46. The van der Waals surface area contributed by atoms with E-state index >= 15 is 0 Å². The quantitative estimate of drug-likeness (QED) is 0.442. The van der Waals surface area contributed by atoms with Crippen LogP contribution in [0.25, 0.3) is 33.7 Å². The lowest BCUT2D eigenvalue weighted by Crippen LogP contribution is -2.06. The molecule has 0 fully saturated rings. The van der Waals surface area contributed by atoms with Crippen LogP contribution in [0.1, 0.15) is 36.3 Å². The van der Waals surface area contributed by atoms with Gasteiger partial charge in [0.1, 0.15) is 17.2 Å². The summed E-state index contributed by atoms with van der Waals surface area (Å²) in [5.74, 6) is 2.40. The zero-order chi connectivity index (χ0) is 22.1. The SMILES string of the molecule is CCCc1nc2c(C)nc(C)nc2n1Cc1ccc(-c2ccncc2-c2nnn[nH]2)cc1. The molecule has 9 nitrogen and oxygen atoms in total. The molecule has 5 aromatic rings. The number of nitrogens with zero attached hydrogens (tertiary/aromatic N) is 8. The fourth-order valence-corrected chi connectivity index (χ4v) is 3.98. The van der Waals surface area contributed by atoms with Crippen molar-refractivity contribution in [3.63, 3.8) is 0 Å². The summed E-state index contributed by atoms with van der Waals surface area (Å²) in [5.41, 5.74) is 6.83. The van der Waals surface area contributed by atoms with Crippen molar-refractivity contribution in [1.29, 1.82) is 0 Å². The fraction of sp³-hybridized carbons (Fsp3) is 0.261. The molecule has 9 heteroatoms. The van der Waals surface area contributed by atoms with E-state index in [1.807, 2.05) is 19.9 Å². The van der Waals surface area contributed by atoms with Crippen LogP contribution in [0.3, 0.4) is 0 Å². The summed E-state index contributed by atoms with van der Waals surface area (Å²) < 4.78 is 2.22. The highest BCUT2D eigenvalue weighted by atomic mass is 15.5. The Morgan fingerprint density at radius 2 is 1.81 bits per heavy atom. The number of tetrazole rings is 1. The molecule has 0 saturated carbocycles. The molecule has 0 unspecified atom stereocenters. The van der Waals surface area contributed by atoms with Gasteiger partial charge < -0.3 is 4.57 Å². The third-order valence-corrected chi connectivity index (χ3v) is 5.46. The highest BCUT2D eigenvalue weighted by molar-refractivity contribution is 5.79. The summed E-state index contributed by atoms with van der Waals surface area (Å²) in [6.45, 7) is 6.79. The largest absolute Gasteiger partial charge is 0.308 e. The predicted molar refractivity (Wildman–Crippen MR) is 121 cm³/mol. The first-order valence-electron chi connectivity index (χ1n) is 10.6. The maximum atomic E-state index is 4.85. The van der Waals surface area contributed by atoms with Crippen molar-refractivity contribution in [2.75, 3.05) is 0 Å². The van der Waals surface area contributed by atoms with E-state index in [-0.39, 0.29) is 0 Å². The number of aryl methyl sites for hydroxylation is 3. The molecule has 0 aliphatic heterocycles. The van der Waals surface area contributed by atoms with E-state index in [4.69, 9.17) is 9.97 Å². The molecule has 0 aliphatic carbocycles. The van der Waals surface area contributed by atoms with Crippen molar-refractivity contribution >= 4 is 11.2 Å². The van der Waals surface area contributed by atoms with Crippen LogP contribution in [0.2, 0.25) is 0 Å². The zero-order valence-electron chi connectivity index (χ0n) is 18.2. The van der Waals surface area contributed by atoms with Crippen LogP contribution in [-0.2, 0) is 13.0 Å². The van der Waals surface area contributed by atoms with Gasteiger partial charge in [-0.05, 0) is 53.5 Å². The number of aromatic amines is 1. The van der Waals surface area contributed by atoms with Crippen molar-refractivity contribution in [3.05, 3.63) is 65.6 Å². The lowest BCUT2D eigenvalue weighted by Gasteiger charge is -2.11. The topological polar surface area (TPSA) is 111 Å². The van der Waals surface area contributed by atoms with Gasteiger partial charge in [0.15, 0.2) is 11.5 Å². The number of H-pyrrole nitrogens is 1. The Hall–Kier alpha value is -4.01. The van der Waals surface area contributed by atoms with Gasteiger partial charge in [-0.2, -0.15) is 0 Å². The molecular weight excluding hydrogens is 402 g/mol. The summed E-state index contributed by atoms with van der Waals surface area (Å²) >= 11 is 0. The van der Waals surface area contributed by atoms with Gasteiger partial charge in [-0.15, -0.1) is 5.10 Å². The summed E-state index contributed by atoms with van der Waals surface area (Å²) in [7, 11) is 0. The molecular formula is C23H23N9. The van der Waals surface area contributed by atoms with Gasteiger partial charge in [-0.3, -0.25) is 4.98 Å². The summed E-state index contributed by atoms with van der Waals surface area (Å²) in [6, 6.07) is 10.5. The highest BCUT2D eigenvalue weighted by Gasteiger charge is 2.16. The maximum Gasteiger partial charge on any atom is 0.181 e.